The number of nitrogens with zero attached hydrogens (tertiary/aromatic N) is 2. The molecule has 0 aliphatic carbocycles. The molecule has 2 amide bonds. The quantitative estimate of drug-likeness (QED) is 0.828. The number of aromatic nitrogens is 1. The molecule has 1 aromatic carbocycles. The molecule has 1 fully saturated rings. The predicted octanol–water partition coefficient (Wildman–Crippen LogP) is 3.65. The molecule has 1 aliphatic heterocycles. The Morgan fingerprint density at radius 3 is 2.58 bits per heavy atom. The van der Waals surface area contributed by atoms with Gasteiger partial charge in [-0.05, 0) is 43.5 Å². The van der Waals surface area contributed by atoms with E-state index in [-0.39, 0.29) is 16.7 Å². The van der Waals surface area contributed by atoms with Crippen LogP contribution in [0.15, 0.2) is 36.5 Å². The van der Waals surface area contributed by atoms with Crippen molar-refractivity contribution in [3.63, 3.8) is 0 Å². The molecule has 5 nitrogen and oxygen atoms in total. The molecule has 1 saturated heterocycles. The highest BCUT2D eigenvalue weighted by Gasteiger charge is 2.32. The molecule has 0 bridgehead atoms. The lowest BCUT2D eigenvalue weighted by molar-refractivity contribution is -0.121. The van der Waals surface area contributed by atoms with Crippen LogP contribution < -0.4 is 5.32 Å². The van der Waals surface area contributed by atoms with Gasteiger partial charge in [-0.3, -0.25) is 9.59 Å². The number of hydrogen-bond donors (Lipinski definition) is 1. The van der Waals surface area contributed by atoms with E-state index in [1.807, 2.05) is 0 Å². The number of amides is 2. The molecular weight excluding hydrogens is 364 g/mol. The zero-order chi connectivity index (χ0) is 18.7. The van der Waals surface area contributed by atoms with Crippen LogP contribution in [0.25, 0.3) is 0 Å². The number of carbonyl (C=O) groups excluding carboxylic acids is 2. The van der Waals surface area contributed by atoms with Crippen molar-refractivity contribution >= 4 is 29.1 Å². The highest BCUT2D eigenvalue weighted by molar-refractivity contribution is 6.29. The maximum atomic E-state index is 13.3. The Bertz CT molecular complexity index is 827. The van der Waals surface area contributed by atoms with Gasteiger partial charge in [0.25, 0.3) is 5.91 Å². The molecule has 2 heterocycles. The van der Waals surface area contributed by atoms with Crippen LogP contribution >= 0.6 is 11.6 Å². The van der Waals surface area contributed by atoms with Crippen molar-refractivity contribution in [3.05, 3.63) is 58.9 Å². The second kappa shape index (κ2) is 7.78. The minimum atomic E-state index is -0.789. The zero-order valence-electron chi connectivity index (χ0n) is 13.7. The Morgan fingerprint density at radius 1 is 1.15 bits per heavy atom. The van der Waals surface area contributed by atoms with Gasteiger partial charge in [-0.15, -0.1) is 0 Å². The van der Waals surface area contributed by atoms with Gasteiger partial charge in [0.1, 0.15) is 22.8 Å². The monoisotopic (exact) mass is 379 g/mol. The van der Waals surface area contributed by atoms with Crippen LogP contribution in [0.4, 0.5) is 14.5 Å². The number of anilines is 1. The second-order valence-electron chi connectivity index (χ2n) is 6.02. The first kappa shape index (κ1) is 18.3. The summed E-state index contributed by atoms with van der Waals surface area (Å²) < 4.78 is 26.6. The van der Waals surface area contributed by atoms with Gasteiger partial charge in [0.2, 0.25) is 5.91 Å². The summed E-state index contributed by atoms with van der Waals surface area (Å²) in [6.45, 7) is 0.411. The van der Waals surface area contributed by atoms with E-state index >= 15 is 0 Å². The standard InChI is InChI=1S/C18H16ClF2N3O2/c19-16-7-11(4-5-22-16)18(26)24-6-2-1-3-15(24)17(25)23-14-9-12(20)8-13(21)10-14/h4-5,7-10,15H,1-3,6H2,(H,23,25)/t15-/m1/s1. The highest BCUT2D eigenvalue weighted by Crippen LogP contribution is 2.22. The average Bonchev–Trinajstić information content (AvgIpc) is 2.60. The fourth-order valence-corrected chi connectivity index (χ4v) is 3.17. The lowest BCUT2D eigenvalue weighted by atomic mass is 10.00. The molecule has 1 aliphatic rings. The fourth-order valence-electron chi connectivity index (χ4n) is 3.00. The summed E-state index contributed by atoms with van der Waals surface area (Å²) in [4.78, 5) is 30.7. The Kier molecular flexibility index (Phi) is 5.46. The van der Waals surface area contributed by atoms with Crippen LogP contribution in [-0.2, 0) is 4.79 Å². The number of likely N-dealkylation sites (tertiary alicyclic amines) is 1. The van der Waals surface area contributed by atoms with Crippen molar-refractivity contribution in [3.8, 4) is 0 Å². The van der Waals surface area contributed by atoms with Gasteiger partial charge in [0, 0.05) is 30.1 Å². The molecule has 1 atom stereocenters. The van der Waals surface area contributed by atoms with E-state index in [4.69, 9.17) is 11.6 Å². The van der Waals surface area contributed by atoms with E-state index in [1.54, 1.807) is 0 Å². The van der Waals surface area contributed by atoms with E-state index in [2.05, 4.69) is 10.3 Å². The normalized spacial score (nSPS) is 17.0. The zero-order valence-corrected chi connectivity index (χ0v) is 14.5. The molecule has 8 heteroatoms. The average molecular weight is 380 g/mol. The Hall–Kier alpha value is -2.54. The number of pyridine rings is 1. The number of benzene rings is 1. The minimum absolute atomic E-state index is 0.0115. The van der Waals surface area contributed by atoms with Crippen molar-refractivity contribution in [2.24, 2.45) is 0 Å². The van der Waals surface area contributed by atoms with E-state index < -0.39 is 23.6 Å². The minimum Gasteiger partial charge on any atom is -0.327 e. The molecule has 0 unspecified atom stereocenters. The molecular formula is C18H16ClF2N3O2. The van der Waals surface area contributed by atoms with Crippen LogP contribution in [0.3, 0.4) is 0 Å². The molecule has 1 N–H and O–H groups in total. The topological polar surface area (TPSA) is 62.3 Å². The molecule has 0 spiro atoms. The first-order chi connectivity index (χ1) is 12.4. The predicted molar refractivity (Wildman–Crippen MR) is 92.9 cm³/mol. The number of carbonyl (C=O) groups is 2. The molecule has 0 saturated carbocycles. The van der Waals surface area contributed by atoms with Gasteiger partial charge in [0.15, 0.2) is 0 Å². The van der Waals surface area contributed by atoms with Gasteiger partial charge >= 0.3 is 0 Å². The van der Waals surface area contributed by atoms with Crippen molar-refractivity contribution in [1.82, 2.24) is 9.88 Å². The van der Waals surface area contributed by atoms with Gasteiger partial charge in [-0.2, -0.15) is 0 Å². The van der Waals surface area contributed by atoms with E-state index in [0.29, 0.717) is 18.5 Å². The Morgan fingerprint density at radius 2 is 1.88 bits per heavy atom. The summed E-state index contributed by atoms with van der Waals surface area (Å²) in [6, 6.07) is 5.01. The molecule has 3 rings (SSSR count). The maximum absolute atomic E-state index is 13.3. The molecule has 0 radical (unpaired) electrons. The van der Waals surface area contributed by atoms with E-state index in [1.165, 1.54) is 23.2 Å². The summed E-state index contributed by atoms with van der Waals surface area (Å²) in [7, 11) is 0. The lowest BCUT2D eigenvalue weighted by Crippen LogP contribution is -2.50. The van der Waals surface area contributed by atoms with Crippen LogP contribution in [0.5, 0.6) is 0 Å². The summed E-state index contributed by atoms with van der Waals surface area (Å²) in [5.41, 5.74) is 0.346. The van der Waals surface area contributed by atoms with Crippen LogP contribution in [0.1, 0.15) is 29.6 Å². The number of rotatable bonds is 3. The van der Waals surface area contributed by atoms with Gasteiger partial charge in [-0.1, -0.05) is 11.6 Å². The van der Waals surface area contributed by atoms with Crippen molar-refractivity contribution in [2.75, 3.05) is 11.9 Å². The van der Waals surface area contributed by atoms with Gasteiger partial charge in [-0.25, -0.2) is 13.8 Å². The summed E-state index contributed by atoms with van der Waals surface area (Å²) >= 11 is 5.83. The molecule has 2 aromatic rings. The smallest absolute Gasteiger partial charge is 0.254 e. The molecule has 136 valence electrons. The van der Waals surface area contributed by atoms with Crippen molar-refractivity contribution in [2.45, 2.75) is 25.3 Å². The third kappa shape index (κ3) is 4.16. The molecule has 26 heavy (non-hydrogen) atoms. The number of hydrogen-bond acceptors (Lipinski definition) is 3. The lowest BCUT2D eigenvalue weighted by Gasteiger charge is -2.34. The van der Waals surface area contributed by atoms with Crippen molar-refractivity contribution < 1.29 is 18.4 Å². The Labute approximate surface area is 154 Å². The fraction of sp³-hybridized carbons (Fsp3) is 0.278. The van der Waals surface area contributed by atoms with E-state index in [9.17, 15) is 18.4 Å². The van der Waals surface area contributed by atoms with Gasteiger partial charge in [0.05, 0.1) is 0 Å². The van der Waals surface area contributed by atoms with Crippen LogP contribution in [0.2, 0.25) is 5.15 Å². The summed E-state index contributed by atoms with van der Waals surface area (Å²) in [5.74, 6) is -2.39. The number of halogens is 3. The first-order valence-corrected chi connectivity index (χ1v) is 8.51. The van der Waals surface area contributed by atoms with Crippen LogP contribution in [-0.4, -0.2) is 34.3 Å². The highest BCUT2D eigenvalue weighted by atomic mass is 35.5. The van der Waals surface area contributed by atoms with E-state index in [0.717, 1.165) is 31.0 Å². The van der Waals surface area contributed by atoms with Gasteiger partial charge < -0.3 is 10.2 Å². The summed E-state index contributed by atoms with van der Waals surface area (Å²) in [6.07, 6.45) is 3.43. The maximum Gasteiger partial charge on any atom is 0.254 e. The van der Waals surface area contributed by atoms with Crippen LogP contribution in [0, 0.1) is 11.6 Å². The largest absolute Gasteiger partial charge is 0.327 e. The third-order valence-corrected chi connectivity index (χ3v) is 4.38. The second-order valence-corrected chi connectivity index (χ2v) is 6.41. The number of nitrogens with one attached hydrogen (secondary N) is 1. The SMILES string of the molecule is O=C(Nc1cc(F)cc(F)c1)[C@H]1CCCCN1C(=O)c1ccnc(Cl)c1. The molecule has 1 aromatic heterocycles. The summed E-state index contributed by atoms with van der Waals surface area (Å²) in [5, 5.41) is 2.67. The van der Waals surface area contributed by atoms with Crippen molar-refractivity contribution in [1.29, 1.82) is 0 Å². The third-order valence-electron chi connectivity index (χ3n) is 4.17. The number of piperidine rings is 1. The first-order valence-electron chi connectivity index (χ1n) is 8.13. The Balaban J connectivity index is 1.79.